The summed E-state index contributed by atoms with van der Waals surface area (Å²) in [5.41, 5.74) is 6.56. The molecule has 0 saturated carbocycles. The minimum atomic E-state index is -0.203. The summed E-state index contributed by atoms with van der Waals surface area (Å²) in [6.45, 7) is 4.03. The van der Waals surface area contributed by atoms with Gasteiger partial charge in [-0.25, -0.2) is 0 Å². The number of halogens is 1. The van der Waals surface area contributed by atoms with E-state index in [0.717, 1.165) is 19.4 Å². The number of amides is 1. The molecule has 0 aliphatic carbocycles. The fourth-order valence-electron chi connectivity index (χ4n) is 1.44. The van der Waals surface area contributed by atoms with Gasteiger partial charge in [-0.05, 0) is 31.0 Å². The van der Waals surface area contributed by atoms with Gasteiger partial charge in [-0.2, -0.15) is 0 Å². The van der Waals surface area contributed by atoms with Gasteiger partial charge in [0.2, 0.25) is 0 Å². The molecule has 5 heteroatoms. The monoisotopic (exact) mass is 270 g/mol. The fourth-order valence-corrected chi connectivity index (χ4v) is 1.62. The van der Waals surface area contributed by atoms with Gasteiger partial charge in [0.25, 0.3) is 5.91 Å². The topological polar surface area (TPSA) is 64.3 Å². The number of hydrogen-bond donors (Lipinski definition) is 2. The first-order valence-corrected chi connectivity index (χ1v) is 6.44. The highest BCUT2D eigenvalue weighted by Gasteiger charge is 2.09. The molecule has 0 fully saturated rings. The van der Waals surface area contributed by atoms with Crippen molar-refractivity contribution in [3.63, 3.8) is 0 Å². The van der Waals surface area contributed by atoms with E-state index in [1.165, 1.54) is 0 Å². The highest BCUT2D eigenvalue weighted by Crippen LogP contribution is 2.17. The van der Waals surface area contributed by atoms with Crippen molar-refractivity contribution in [3.05, 3.63) is 28.8 Å². The molecule has 3 N–H and O–H groups in total. The number of carbonyl (C=O) groups is 1. The Morgan fingerprint density at radius 3 is 2.94 bits per heavy atom. The van der Waals surface area contributed by atoms with Gasteiger partial charge in [0.15, 0.2) is 0 Å². The Morgan fingerprint density at radius 2 is 2.22 bits per heavy atom. The predicted molar refractivity (Wildman–Crippen MR) is 73.9 cm³/mol. The quantitative estimate of drug-likeness (QED) is 0.591. The van der Waals surface area contributed by atoms with Crippen molar-refractivity contribution in [2.75, 3.05) is 25.5 Å². The van der Waals surface area contributed by atoms with Crippen LogP contribution in [0.25, 0.3) is 0 Å². The summed E-state index contributed by atoms with van der Waals surface area (Å²) < 4.78 is 5.32. The van der Waals surface area contributed by atoms with Crippen molar-refractivity contribution in [2.24, 2.45) is 0 Å². The van der Waals surface area contributed by atoms with Crippen LogP contribution in [-0.4, -0.2) is 25.7 Å². The number of rotatable bonds is 7. The van der Waals surface area contributed by atoms with Crippen LogP contribution in [0.2, 0.25) is 5.02 Å². The molecule has 0 aromatic heterocycles. The minimum Gasteiger partial charge on any atom is -0.398 e. The van der Waals surface area contributed by atoms with E-state index in [2.05, 4.69) is 12.2 Å². The molecule has 0 bridgehead atoms. The van der Waals surface area contributed by atoms with Crippen molar-refractivity contribution < 1.29 is 9.53 Å². The van der Waals surface area contributed by atoms with Crippen molar-refractivity contribution in [1.29, 1.82) is 0 Å². The van der Waals surface area contributed by atoms with Crippen LogP contribution >= 0.6 is 11.6 Å². The predicted octanol–water partition coefficient (Wildman–Crippen LogP) is 2.47. The van der Waals surface area contributed by atoms with Gasteiger partial charge in [-0.3, -0.25) is 4.79 Å². The Balaban J connectivity index is 2.34. The Bertz CT molecular complexity index is 397. The molecular formula is C13H19ClN2O2. The lowest BCUT2D eigenvalue weighted by atomic mass is 10.1. The maximum atomic E-state index is 11.8. The second kappa shape index (κ2) is 7.95. The van der Waals surface area contributed by atoms with Gasteiger partial charge in [0.1, 0.15) is 0 Å². The molecule has 18 heavy (non-hydrogen) atoms. The number of carbonyl (C=O) groups excluding carboxylic acids is 1. The molecule has 0 saturated heterocycles. The molecule has 0 heterocycles. The van der Waals surface area contributed by atoms with Gasteiger partial charge in [0.05, 0.1) is 5.56 Å². The van der Waals surface area contributed by atoms with Crippen molar-refractivity contribution in [3.8, 4) is 0 Å². The summed E-state index contributed by atoms with van der Waals surface area (Å²) in [5.74, 6) is -0.203. The second-order valence-corrected chi connectivity index (χ2v) is 4.39. The third-order valence-corrected chi connectivity index (χ3v) is 2.59. The number of benzene rings is 1. The Hall–Kier alpha value is -1.26. The number of anilines is 1. The summed E-state index contributed by atoms with van der Waals surface area (Å²) in [5, 5.41) is 3.29. The summed E-state index contributed by atoms with van der Waals surface area (Å²) in [6.07, 6.45) is 1.79. The Labute approximate surface area is 112 Å². The standard InChI is InChI=1S/C13H19ClN2O2/c1-2-7-18-8-3-6-16-13(17)11-9-10(14)4-5-12(11)15/h4-5,9H,2-3,6-8,15H2,1H3,(H,16,17). The molecule has 0 radical (unpaired) electrons. The minimum absolute atomic E-state index is 0.203. The molecule has 1 aromatic carbocycles. The van der Waals surface area contributed by atoms with Crippen LogP contribution in [0.4, 0.5) is 5.69 Å². The zero-order chi connectivity index (χ0) is 13.4. The first kappa shape index (κ1) is 14.8. The molecule has 0 aliphatic heterocycles. The summed E-state index contributed by atoms with van der Waals surface area (Å²) in [7, 11) is 0. The molecule has 0 spiro atoms. The number of nitrogen functional groups attached to an aromatic ring is 1. The third kappa shape index (κ3) is 4.94. The Kier molecular flexibility index (Phi) is 6.54. The van der Waals surface area contributed by atoms with E-state index in [1.807, 2.05) is 0 Å². The lowest BCUT2D eigenvalue weighted by Gasteiger charge is -2.08. The molecule has 1 aromatic rings. The van der Waals surface area contributed by atoms with Gasteiger partial charge in [0, 0.05) is 30.5 Å². The first-order valence-electron chi connectivity index (χ1n) is 6.06. The normalized spacial score (nSPS) is 10.3. The zero-order valence-corrected chi connectivity index (χ0v) is 11.3. The van der Waals surface area contributed by atoms with Gasteiger partial charge < -0.3 is 15.8 Å². The fraction of sp³-hybridized carbons (Fsp3) is 0.462. The van der Waals surface area contributed by atoms with E-state index < -0.39 is 0 Å². The van der Waals surface area contributed by atoms with Gasteiger partial charge in [-0.15, -0.1) is 0 Å². The molecular weight excluding hydrogens is 252 g/mol. The highest BCUT2D eigenvalue weighted by molar-refractivity contribution is 6.31. The zero-order valence-electron chi connectivity index (χ0n) is 10.5. The van der Waals surface area contributed by atoms with E-state index in [4.69, 9.17) is 22.1 Å². The highest BCUT2D eigenvalue weighted by atomic mass is 35.5. The maximum absolute atomic E-state index is 11.8. The largest absolute Gasteiger partial charge is 0.398 e. The SMILES string of the molecule is CCCOCCCNC(=O)c1cc(Cl)ccc1N. The maximum Gasteiger partial charge on any atom is 0.253 e. The van der Waals surface area contributed by atoms with Gasteiger partial charge in [-0.1, -0.05) is 18.5 Å². The van der Waals surface area contributed by atoms with E-state index in [1.54, 1.807) is 18.2 Å². The summed E-state index contributed by atoms with van der Waals surface area (Å²) in [4.78, 5) is 11.8. The number of nitrogens with two attached hydrogens (primary N) is 1. The molecule has 0 atom stereocenters. The average Bonchev–Trinajstić information content (AvgIpc) is 2.36. The van der Waals surface area contributed by atoms with E-state index >= 15 is 0 Å². The van der Waals surface area contributed by atoms with Crippen LogP contribution in [0.3, 0.4) is 0 Å². The molecule has 1 amide bonds. The summed E-state index contributed by atoms with van der Waals surface area (Å²) in [6, 6.07) is 4.85. The van der Waals surface area contributed by atoms with Crippen LogP contribution in [-0.2, 0) is 4.74 Å². The molecule has 100 valence electrons. The van der Waals surface area contributed by atoms with Gasteiger partial charge >= 0.3 is 0 Å². The lowest BCUT2D eigenvalue weighted by molar-refractivity contribution is 0.0942. The molecule has 0 aliphatic rings. The third-order valence-electron chi connectivity index (χ3n) is 2.36. The number of ether oxygens (including phenoxy) is 1. The van der Waals surface area contributed by atoms with E-state index in [0.29, 0.717) is 29.4 Å². The van der Waals surface area contributed by atoms with Crippen molar-refractivity contribution in [1.82, 2.24) is 5.32 Å². The van der Waals surface area contributed by atoms with Crippen LogP contribution in [0.5, 0.6) is 0 Å². The van der Waals surface area contributed by atoms with E-state index in [-0.39, 0.29) is 5.91 Å². The average molecular weight is 271 g/mol. The lowest BCUT2D eigenvalue weighted by Crippen LogP contribution is -2.26. The number of nitrogens with one attached hydrogen (secondary N) is 1. The smallest absolute Gasteiger partial charge is 0.253 e. The van der Waals surface area contributed by atoms with Crippen LogP contribution in [0.15, 0.2) is 18.2 Å². The van der Waals surface area contributed by atoms with Crippen molar-refractivity contribution in [2.45, 2.75) is 19.8 Å². The molecule has 4 nitrogen and oxygen atoms in total. The van der Waals surface area contributed by atoms with Crippen LogP contribution < -0.4 is 11.1 Å². The Morgan fingerprint density at radius 1 is 1.44 bits per heavy atom. The number of hydrogen-bond acceptors (Lipinski definition) is 3. The van der Waals surface area contributed by atoms with E-state index in [9.17, 15) is 4.79 Å². The molecule has 1 rings (SSSR count). The van der Waals surface area contributed by atoms with Crippen molar-refractivity contribution >= 4 is 23.2 Å². The summed E-state index contributed by atoms with van der Waals surface area (Å²) >= 11 is 5.82. The van der Waals surface area contributed by atoms with Crippen LogP contribution in [0.1, 0.15) is 30.1 Å². The second-order valence-electron chi connectivity index (χ2n) is 3.95. The van der Waals surface area contributed by atoms with Crippen LogP contribution in [0, 0.1) is 0 Å². The first-order chi connectivity index (χ1) is 8.65. The molecule has 0 unspecified atom stereocenters.